The van der Waals surface area contributed by atoms with Crippen molar-refractivity contribution in [2.45, 2.75) is 19.4 Å². The number of aliphatic carboxylic acids is 2. The van der Waals surface area contributed by atoms with Gasteiger partial charge >= 0.3 is 11.9 Å². The van der Waals surface area contributed by atoms with Crippen LogP contribution < -0.4 is 5.32 Å². The topological polar surface area (TPSA) is 86.6 Å². The first-order chi connectivity index (χ1) is 7.90. The number of aryl methyl sites for hydroxylation is 1. The highest BCUT2D eigenvalue weighted by Crippen LogP contribution is 2.21. The molecule has 1 aromatic carbocycles. The summed E-state index contributed by atoms with van der Waals surface area (Å²) in [7, 11) is 0. The maximum atomic E-state index is 10.9. The summed E-state index contributed by atoms with van der Waals surface area (Å²) in [6, 6.07) is 4.10. The molecule has 1 aromatic rings. The number of nitrogens with one attached hydrogen (secondary N) is 1. The zero-order valence-corrected chi connectivity index (χ0v) is 10.7. The van der Waals surface area contributed by atoms with Crippen LogP contribution in [0.25, 0.3) is 0 Å². The second-order valence-corrected chi connectivity index (χ2v) is 4.45. The van der Waals surface area contributed by atoms with Gasteiger partial charge in [-0.1, -0.05) is 22.0 Å². The van der Waals surface area contributed by atoms with Gasteiger partial charge in [0.05, 0.1) is 6.42 Å². The molecule has 0 saturated heterocycles. The van der Waals surface area contributed by atoms with Gasteiger partial charge in [0.1, 0.15) is 6.04 Å². The third kappa shape index (κ3) is 4.07. The summed E-state index contributed by atoms with van der Waals surface area (Å²) in [5, 5.41) is 20.1. The highest BCUT2D eigenvalue weighted by atomic mass is 79.9. The number of hydrogen-bond donors (Lipinski definition) is 3. The van der Waals surface area contributed by atoms with Gasteiger partial charge in [0.2, 0.25) is 0 Å². The quantitative estimate of drug-likeness (QED) is 0.775. The minimum atomic E-state index is -1.19. The van der Waals surface area contributed by atoms with Crippen molar-refractivity contribution in [3.8, 4) is 0 Å². The molecule has 0 aliphatic carbocycles. The molecule has 0 aliphatic heterocycles. The first kappa shape index (κ1) is 13.5. The predicted octanol–water partition coefficient (Wildman–Crippen LogP) is 2.10. The van der Waals surface area contributed by atoms with E-state index in [0.29, 0.717) is 5.69 Å². The fourth-order valence-corrected chi connectivity index (χ4v) is 1.64. The lowest BCUT2D eigenvalue weighted by molar-refractivity contribution is -0.144. The molecule has 6 heteroatoms. The zero-order chi connectivity index (χ0) is 13.0. The fourth-order valence-electron chi connectivity index (χ4n) is 1.26. The summed E-state index contributed by atoms with van der Waals surface area (Å²) in [5.74, 6) is -2.35. The third-order valence-electron chi connectivity index (χ3n) is 2.19. The Labute approximate surface area is 107 Å². The number of benzene rings is 1. The summed E-state index contributed by atoms with van der Waals surface area (Å²) in [6.07, 6.45) is -0.471. The molecule has 1 atom stereocenters. The maximum absolute atomic E-state index is 10.9. The summed E-state index contributed by atoms with van der Waals surface area (Å²) < 4.78 is 0.835. The highest BCUT2D eigenvalue weighted by Gasteiger charge is 2.20. The van der Waals surface area contributed by atoms with Crippen molar-refractivity contribution in [2.24, 2.45) is 0 Å². The molecule has 17 heavy (non-hydrogen) atoms. The van der Waals surface area contributed by atoms with Crippen molar-refractivity contribution < 1.29 is 19.8 Å². The van der Waals surface area contributed by atoms with Crippen molar-refractivity contribution in [3.63, 3.8) is 0 Å². The normalized spacial score (nSPS) is 11.9. The molecule has 0 aliphatic rings. The van der Waals surface area contributed by atoms with E-state index in [9.17, 15) is 9.59 Å². The van der Waals surface area contributed by atoms with Crippen LogP contribution in [0.2, 0.25) is 0 Å². The van der Waals surface area contributed by atoms with Crippen LogP contribution in [0.1, 0.15) is 12.0 Å². The summed E-state index contributed by atoms with van der Waals surface area (Å²) in [5.41, 5.74) is 1.58. The molecule has 0 bridgehead atoms. The molecule has 92 valence electrons. The van der Waals surface area contributed by atoms with Gasteiger partial charge in [-0.15, -0.1) is 0 Å². The Balaban J connectivity index is 2.82. The van der Waals surface area contributed by atoms with E-state index >= 15 is 0 Å². The molecular formula is C11H12BrNO4. The van der Waals surface area contributed by atoms with Crippen molar-refractivity contribution in [1.82, 2.24) is 0 Å². The Morgan fingerprint density at radius 2 is 2.06 bits per heavy atom. The van der Waals surface area contributed by atoms with Crippen molar-refractivity contribution in [2.75, 3.05) is 5.32 Å². The van der Waals surface area contributed by atoms with Gasteiger partial charge in [0.15, 0.2) is 0 Å². The van der Waals surface area contributed by atoms with Gasteiger partial charge in [-0.3, -0.25) is 4.79 Å². The minimum Gasteiger partial charge on any atom is -0.481 e. The van der Waals surface area contributed by atoms with Crippen LogP contribution in [0.4, 0.5) is 5.69 Å². The van der Waals surface area contributed by atoms with E-state index in [0.717, 1.165) is 10.0 Å². The lowest BCUT2D eigenvalue weighted by Gasteiger charge is -2.14. The smallest absolute Gasteiger partial charge is 0.326 e. The van der Waals surface area contributed by atoms with Crippen LogP contribution in [0.15, 0.2) is 22.7 Å². The molecule has 0 aromatic heterocycles. The second-order valence-electron chi connectivity index (χ2n) is 3.60. The molecular weight excluding hydrogens is 290 g/mol. The van der Waals surface area contributed by atoms with Crippen LogP contribution in [0.3, 0.4) is 0 Å². The molecule has 5 nitrogen and oxygen atoms in total. The standard InChI is InChI=1S/C11H12BrNO4/c1-6-2-3-7(4-8(6)12)13-9(11(16)17)5-10(14)15/h2-4,9,13H,5H2,1H3,(H,14,15)(H,16,17). The molecule has 0 heterocycles. The van der Waals surface area contributed by atoms with E-state index in [4.69, 9.17) is 10.2 Å². The Morgan fingerprint density at radius 1 is 1.41 bits per heavy atom. The van der Waals surface area contributed by atoms with Gasteiger partial charge in [-0.2, -0.15) is 0 Å². The van der Waals surface area contributed by atoms with E-state index in [2.05, 4.69) is 21.2 Å². The molecule has 0 spiro atoms. The van der Waals surface area contributed by atoms with Crippen LogP contribution in [0.5, 0.6) is 0 Å². The van der Waals surface area contributed by atoms with E-state index in [1.165, 1.54) is 0 Å². The fraction of sp³-hybridized carbons (Fsp3) is 0.273. The van der Waals surface area contributed by atoms with E-state index in [1.807, 2.05) is 13.0 Å². The molecule has 1 rings (SSSR count). The lowest BCUT2D eigenvalue weighted by atomic mass is 10.1. The predicted molar refractivity (Wildman–Crippen MR) is 66.2 cm³/mol. The average Bonchev–Trinajstić information content (AvgIpc) is 2.21. The summed E-state index contributed by atoms with van der Waals surface area (Å²) in [6.45, 7) is 1.90. The SMILES string of the molecule is Cc1ccc(NC(CC(=O)O)C(=O)O)cc1Br. The number of halogens is 1. The Bertz CT molecular complexity index is 447. The van der Waals surface area contributed by atoms with Crippen LogP contribution >= 0.6 is 15.9 Å². The minimum absolute atomic E-state index is 0.471. The van der Waals surface area contributed by atoms with E-state index < -0.39 is 24.4 Å². The van der Waals surface area contributed by atoms with E-state index in [-0.39, 0.29) is 0 Å². The van der Waals surface area contributed by atoms with Gasteiger partial charge in [0, 0.05) is 10.2 Å². The monoisotopic (exact) mass is 301 g/mol. The summed E-state index contributed by atoms with van der Waals surface area (Å²) in [4.78, 5) is 21.4. The molecule has 0 saturated carbocycles. The highest BCUT2D eigenvalue weighted by molar-refractivity contribution is 9.10. The summed E-state index contributed by atoms with van der Waals surface area (Å²) >= 11 is 3.32. The Kier molecular flexibility index (Phi) is 4.51. The number of hydrogen-bond acceptors (Lipinski definition) is 3. The third-order valence-corrected chi connectivity index (χ3v) is 3.04. The molecule has 1 unspecified atom stereocenters. The van der Waals surface area contributed by atoms with Gasteiger partial charge in [-0.05, 0) is 24.6 Å². The Morgan fingerprint density at radius 3 is 2.53 bits per heavy atom. The maximum Gasteiger partial charge on any atom is 0.326 e. The number of carboxylic acid groups (broad SMARTS) is 2. The molecule has 3 N–H and O–H groups in total. The number of carbonyl (C=O) groups is 2. The second kappa shape index (κ2) is 5.67. The van der Waals surface area contributed by atoms with Gasteiger partial charge < -0.3 is 15.5 Å². The first-order valence-corrected chi connectivity index (χ1v) is 5.66. The van der Waals surface area contributed by atoms with Crippen molar-refractivity contribution in [3.05, 3.63) is 28.2 Å². The molecule has 0 fully saturated rings. The number of anilines is 1. The average molecular weight is 302 g/mol. The zero-order valence-electron chi connectivity index (χ0n) is 9.11. The largest absolute Gasteiger partial charge is 0.481 e. The van der Waals surface area contributed by atoms with Crippen LogP contribution in [-0.4, -0.2) is 28.2 Å². The molecule has 0 amide bonds. The lowest BCUT2D eigenvalue weighted by Crippen LogP contribution is -2.31. The van der Waals surface area contributed by atoms with Crippen LogP contribution in [-0.2, 0) is 9.59 Å². The molecule has 0 radical (unpaired) electrons. The van der Waals surface area contributed by atoms with Crippen LogP contribution in [0, 0.1) is 6.92 Å². The van der Waals surface area contributed by atoms with Gasteiger partial charge in [-0.25, -0.2) is 4.79 Å². The number of carboxylic acids is 2. The first-order valence-electron chi connectivity index (χ1n) is 4.87. The van der Waals surface area contributed by atoms with Gasteiger partial charge in [0.25, 0.3) is 0 Å². The number of rotatable bonds is 5. The Hall–Kier alpha value is -1.56. The van der Waals surface area contributed by atoms with E-state index in [1.54, 1.807) is 12.1 Å². The van der Waals surface area contributed by atoms with Crippen molar-refractivity contribution in [1.29, 1.82) is 0 Å². The van der Waals surface area contributed by atoms with Crippen molar-refractivity contribution >= 4 is 33.6 Å².